The third kappa shape index (κ3) is 2.58. The van der Waals surface area contributed by atoms with Crippen molar-refractivity contribution in [3.63, 3.8) is 0 Å². The van der Waals surface area contributed by atoms with Crippen molar-refractivity contribution >= 4 is 28.5 Å². The molecule has 29 heavy (non-hydrogen) atoms. The summed E-state index contributed by atoms with van der Waals surface area (Å²) in [6.07, 6.45) is 5.10. The van der Waals surface area contributed by atoms with Crippen LogP contribution in [0.4, 0.5) is 0 Å². The van der Waals surface area contributed by atoms with Crippen LogP contribution in [0.2, 0.25) is 0 Å². The Labute approximate surface area is 170 Å². The molecule has 0 saturated carbocycles. The molecule has 2 aromatic rings. The summed E-state index contributed by atoms with van der Waals surface area (Å²) in [5.74, 6) is -0.565. The lowest BCUT2D eigenvalue weighted by Crippen LogP contribution is -2.52. The lowest BCUT2D eigenvalue weighted by Gasteiger charge is -2.53. The molecule has 1 aromatic carbocycles. The Balaban J connectivity index is 1.79. The highest BCUT2D eigenvalue weighted by molar-refractivity contribution is 6.13. The highest BCUT2D eigenvalue weighted by Gasteiger charge is 2.53. The number of hydrogen-bond donors (Lipinski definition) is 0. The predicted molar refractivity (Wildman–Crippen MR) is 109 cm³/mol. The molecular weight excluding hydrogens is 368 g/mol. The molecule has 1 fully saturated rings. The number of aromatic nitrogens is 1. The lowest BCUT2D eigenvalue weighted by atomic mass is 9.66. The van der Waals surface area contributed by atoms with Crippen LogP contribution in [0.5, 0.6) is 0 Å². The van der Waals surface area contributed by atoms with Crippen LogP contribution >= 0.6 is 0 Å². The zero-order valence-electron chi connectivity index (χ0n) is 16.9. The van der Waals surface area contributed by atoms with Gasteiger partial charge in [-0.2, -0.15) is 0 Å². The van der Waals surface area contributed by atoms with Gasteiger partial charge in [-0.1, -0.05) is 18.2 Å². The molecule has 1 saturated heterocycles. The highest BCUT2D eigenvalue weighted by atomic mass is 16.5. The largest absolute Gasteiger partial charge is 0.466 e. The number of benzene rings is 1. The van der Waals surface area contributed by atoms with Crippen molar-refractivity contribution in [2.45, 2.75) is 38.6 Å². The van der Waals surface area contributed by atoms with Crippen LogP contribution in [0, 0.1) is 5.41 Å². The molecule has 3 aliphatic rings. The minimum absolute atomic E-state index is 0.0743. The number of methoxy groups -OCH3 is 1. The average Bonchev–Trinajstić information content (AvgIpc) is 3.07. The fourth-order valence-corrected chi connectivity index (χ4v) is 5.78. The molecule has 0 aliphatic carbocycles. The second kappa shape index (κ2) is 6.73. The van der Waals surface area contributed by atoms with Gasteiger partial charge in [0.25, 0.3) is 0 Å². The van der Waals surface area contributed by atoms with Gasteiger partial charge in [-0.25, -0.2) is 4.79 Å². The first-order chi connectivity index (χ1) is 14.1. The van der Waals surface area contributed by atoms with Gasteiger partial charge in [0.2, 0.25) is 0 Å². The van der Waals surface area contributed by atoms with E-state index in [2.05, 4.69) is 21.6 Å². The Kier molecular flexibility index (Phi) is 4.28. The number of fused-ring (bicyclic) bond motifs is 3. The van der Waals surface area contributed by atoms with E-state index in [0.29, 0.717) is 12.3 Å². The monoisotopic (exact) mass is 394 g/mol. The summed E-state index contributed by atoms with van der Waals surface area (Å²) in [6.45, 7) is 4.17. The second-order valence-electron chi connectivity index (χ2n) is 8.24. The van der Waals surface area contributed by atoms with Crippen LogP contribution in [-0.2, 0) is 25.5 Å². The Morgan fingerprint density at radius 1 is 1.24 bits per heavy atom. The van der Waals surface area contributed by atoms with E-state index < -0.39 is 5.41 Å². The van der Waals surface area contributed by atoms with E-state index in [-0.39, 0.29) is 24.4 Å². The topological polar surface area (TPSA) is 60.8 Å². The minimum Gasteiger partial charge on any atom is -0.466 e. The van der Waals surface area contributed by atoms with Crippen LogP contribution < -0.4 is 0 Å². The molecular formula is C23H26N2O4. The number of nitrogens with zero attached hydrogens (tertiary/aromatic N) is 2. The van der Waals surface area contributed by atoms with Gasteiger partial charge in [-0.3, -0.25) is 9.69 Å². The van der Waals surface area contributed by atoms with E-state index in [0.717, 1.165) is 43.6 Å². The zero-order chi connectivity index (χ0) is 20.2. The molecule has 152 valence electrons. The summed E-state index contributed by atoms with van der Waals surface area (Å²) in [7, 11) is 1.42. The number of ether oxygens (including phenoxy) is 2. The first kappa shape index (κ1) is 18.4. The van der Waals surface area contributed by atoms with Crippen molar-refractivity contribution in [3.8, 4) is 0 Å². The summed E-state index contributed by atoms with van der Waals surface area (Å²) >= 11 is 0. The molecule has 0 amide bonds. The summed E-state index contributed by atoms with van der Waals surface area (Å²) in [5.41, 5.74) is 3.56. The molecule has 5 rings (SSSR count). The van der Waals surface area contributed by atoms with Gasteiger partial charge in [-0.15, -0.1) is 0 Å². The van der Waals surface area contributed by atoms with Crippen LogP contribution in [0.3, 0.4) is 0 Å². The van der Waals surface area contributed by atoms with Gasteiger partial charge in [0.05, 0.1) is 31.7 Å². The van der Waals surface area contributed by atoms with Crippen LogP contribution in [0.15, 0.2) is 30.3 Å². The molecule has 2 atom stereocenters. The summed E-state index contributed by atoms with van der Waals surface area (Å²) in [4.78, 5) is 28.0. The van der Waals surface area contributed by atoms with Gasteiger partial charge in [0, 0.05) is 23.0 Å². The Bertz CT molecular complexity index is 1040. The first-order valence-electron chi connectivity index (χ1n) is 10.4. The van der Waals surface area contributed by atoms with Crippen molar-refractivity contribution < 1.29 is 19.1 Å². The smallest absolute Gasteiger partial charge is 0.354 e. The number of para-hydroxylation sites is 1. The van der Waals surface area contributed by atoms with E-state index in [1.807, 2.05) is 25.1 Å². The maximum absolute atomic E-state index is 12.9. The van der Waals surface area contributed by atoms with Gasteiger partial charge >= 0.3 is 11.9 Å². The standard InChI is InChI=1S/C23H26N2O4/c1-3-29-19(26)14-23-10-6-11-24-12-9-16-15-7-4-5-8-17(15)25(20(16)21(23)24)18(13-23)22(27)28-2/h4-5,7-8,13,21H,3,6,9-12,14H2,1-2H3/t21-,23+/m1/s1. The van der Waals surface area contributed by atoms with Crippen molar-refractivity contribution in [2.24, 2.45) is 5.41 Å². The van der Waals surface area contributed by atoms with Gasteiger partial charge in [0.1, 0.15) is 5.70 Å². The molecule has 3 aliphatic heterocycles. The summed E-state index contributed by atoms with van der Waals surface area (Å²) in [6, 6.07) is 8.33. The second-order valence-corrected chi connectivity index (χ2v) is 8.24. The molecule has 0 N–H and O–H groups in total. The van der Waals surface area contributed by atoms with Crippen molar-refractivity contribution in [2.75, 3.05) is 26.8 Å². The minimum atomic E-state index is -0.451. The van der Waals surface area contributed by atoms with Crippen molar-refractivity contribution in [1.82, 2.24) is 9.47 Å². The van der Waals surface area contributed by atoms with Gasteiger partial charge in [-0.05, 0) is 50.4 Å². The van der Waals surface area contributed by atoms with E-state index in [1.54, 1.807) is 0 Å². The molecule has 4 heterocycles. The summed E-state index contributed by atoms with van der Waals surface area (Å²) in [5, 5.41) is 1.19. The molecule has 0 bridgehead atoms. The highest BCUT2D eigenvalue weighted by Crippen LogP contribution is 2.57. The third-order valence-corrected chi connectivity index (χ3v) is 6.76. The van der Waals surface area contributed by atoms with Crippen LogP contribution in [-0.4, -0.2) is 48.2 Å². The molecule has 6 nitrogen and oxygen atoms in total. The Hall–Kier alpha value is -2.60. The predicted octanol–water partition coefficient (Wildman–Crippen LogP) is 3.30. The number of rotatable bonds is 4. The van der Waals surface area contributed by atoms with Crippen LogP contribution in [0.1, 0.15) is 43.5 Å². The van der Waals surface area contributed by atoms with Crippen molar-refractivity contribution in [3.05, 3.63) is 41.6 Å². The van der Waals surface area contributed by atoms with E-state index in [9.17, 15) is 9.59 Å². The Morgan fingerprint density at radius 2 is 2.07 bits per heavy atom. The number of carbonyl (C=O) groups is 2. The van der Waals surface area contributed by atoms with Gasteiger partial charge < -0.3 is 14.0 Å². The zero-order valence-corrected chi connectivity index (χ0v) is 16.9. The van der Waals surface area contributed by atoms with Crippen molar-refractivity contribution in [1.29, 1.82) is 0 Å². The SMILES string of the molecule is CCOC(=O)C[C@@]12C=C(C(=O)OC)n3c4c(c5ccccc53)CCN(CCC1)[C@H]42. The third-order valence-electron chi connectivity index (χ3n) is 6.76. The Morgan fingerprint density at radius 3 is 2.86 bits per heavy atom. The molecule has 1 aromatic heterocycles. The number of carbonyl (C=O) groups excluding carboxylic acids is 2. The van der Waals surface area contributed by atoms with E-state index in [1.165, 1.54) is 18.1 Å². The molecule has 6 heteroatoms. The maximum Gasteiger partial charge on any atom is 0.354 e. The molecule has 0 radical (unpaired) electrons. The summed E-state index contributed by atoms with van der Waals surface area (Å²) < 4.78 is 12.6. The average molecular weight is 394 g/mol. The molecule has 0 spiro atoms. The van der Waals surface area contributed by atoms with E-state index in [4.69, 9.17) is 9.47 Å². The van der Waals surface area contributed by atoms with Gasteiger partial charge in [0.15, 0.2) is 0 Å². The number of hydrogen-bond acceptors (Lipinski definition) is 5. The first-order valence-corrected chi connectivity index (χ1v) is 10.4. The number of piperidine rings is 1. The van der Waals surface area contributed by atoms with Crippen LogP contribution in [0.25, 0.3) is 16.6 Å². The quantitative estimate of drug-likeness (QED) is 0.745. The number of esters is 2. The fraction of sp³-hybridized carbons (Fsp3) is 0.478. The molecule has 0 unspecified atom stereocenters. The lowest BCUT2D eigenvalue weighted by molar-refractivity contribution is -0.147. The normalized spacial score (nSPS) is 25.3. The van der Waals surface area contributed by atoms with E-state index >= 15 is 0 Å². The fourth-order valence-electron chi connectivity index (χ4n) is 5.78. The maximum atomic E-state index is 12.9.